The molecule has 1 amide bonds. The fourth-order valence-corrected chi connectivity index (χ4v) is 3.88. The Morgan fingerprint density at radius 1 is 1.10 bits per heavy atom. The lowest BCUT2D eigenvalue weighted by molar-refractivity contribution is -0.131. The van der Waals surface area contributed by atoms with Crippen molar-refractivity contribution in [3.8, 4) is 0 Å². The van der Waals surface area contributed by atoms with Crippen molar-refractivity contribution in [2.75, 3.05) is 7.05 Å². The highest BCUT2D eigenvalue weighted by molar-refractivity contribution is 5.76. The van der Waals surface area contributed by atoms with Gasteiger partial charge in [-0.1, -0.05) is 25.7 Å². The molecule has 1 saturated heterocycles. The van der Waals surface area contributed by atoms with E-state index in [1.165, 1.54) is 38.5 Å². The average molecular weight is 281 g/mol. The van der Waals surface area contributed by atoms with Crippen LogP contribution in [0.4, 0.5) is 0 Å². The van der Waals surface area contributed by atoms with Gasteiger partial charge in [-0.25, -0.2) is 5.01 Å². The van der Waals surface area contributed by atoms with Gasteiger partial charge in [0, 0.05) is 24.0 Å². The third kappa shape index (κ3) is 3.73. The van der Waals surface area contributed by atoms with Crippen LogP contribution in [0.2, 0.25) is 0 Å². The lowest BCUT2D eigenvalue weighted by Gasteiger charge is -2.41. The van der Waals surface area contributed by atoms with Crippen LogP contribution in [0.1, 0.15) is 71.6 Å². The molecule has 2 unspecified atom stereocenters. The summed E-state index contributed by atoms with van der Waals surface area (Å²) >= 11 is 0. The van der Waals surface area contributed by atoms with Gasteiger partial charge in [0.05, 0.1) is 0 Å². The van der Waals surface area contributed by atoms with E-state index in [9.17, 15) is 4.79 Å². The Kier molecular flexibility index (Phi) is 5.44. The molecule has 0 aromatic carbocycles. The molecule has 1 heterocycles. The van der Waals surface area contributed by atoms with E-state index in [1.807, 2.05) is 7.05 Å². The second-order valence-corrected chi connectivity index (χ2v) is 6.84. The number of hydrazine groups is 1. The van der Waals surface area contributed by atoms with Crippen LogP contribution in [-0.2, 0) is 4.79 Å². The van der Waals surface area contributed by atoms with Crippen molar-refractivity contribution in [1.82, 2.24) is 15.8 Å². The Morgan fingerprint density at radius 3 is 2.25 bits per heavy atom. The number of carbonyl (C=O) groups is 1. The van der Waals surface area contributed by atoms with E-state index in [0.717, 1.165) is 12.8 Å². The first-order valence-corrected chi connectivity index (χ1v) is 8.33. The minimum Gasteiger partial charge on any atom is -0.314 e. The van der Waals surface area contributed by atoms with Crippen molar-refractivity contribution in [2.24, 2.45) is 0 Å². The second kappa shape index (κ2) is 6.90. The van der Waals surface area contributed by atoms with Crippen LogP contribution in [-0.4, -0.2) is 35.6 Å². The SMILES string of the molecule is CNC1(CC(=O)NN2C(C)CCCC2C)CCCCC1. The van der Waals surface area contributed by atoms with Crippen molar-refractivity contribution in [3.63, 3.8) is 0 Å². The van der Waals surface area contributed by atoms with E-state index in [0.29, 0.717) is 18.5 Å². The van der Waals surface area contributed by atoms with Crippen LogP contribution in [0.5, 0.6) is 0 Å². The number of piperidine rings is 1. The molecule has 20 heavy (non-hydrogen) atoms. The highest BCUT2D eigenvalue weighted by atomic mass is 16.2. The summed E-state index contributed by atoms with van der Waals surface area (Å²) in [4.78, 5) is 12.4. The molecule has 4 heteroatoms. The van der Waals surface area contributed by atoms with Crippen LogP contribution in [0, 0.1) is 0 Å². The van der Waals surface area contributed by atoms with Crippen LogP contribution < -0.4 is 10.7 Å². The molecule has 2 fully saturated rings. The number of hydrogen-bond acceptors (Lipinski definition) is 3. The Labute approximate surface area is 123 Å². The van der Waals surface area contributed by atoms with Gasteiger partial charge in [0.25, 0.3) is 0 Å². The van der Waals surface area contributed by atoms with E-state index < -0.39 is 0 Å². The molecule has 2 rings (SSSR count). The third-order valence-electron chi connectivity index (χ3n) is 5.29. The first-order valence-electron chi connectivity index (χ1n) is 8.33. The molecular formula is C16H31N3O. The molecule has 116 valence electrons. The van der Waals surface area contributed by atoms with Crippen molar-refractivity contribution in [3.05, 3.63) is 0 Å². The van der Waals surface area contributed by atoms with Crippen molar-refractivity contribution in [1.29, 1.82) is 0 Å². The Bertz CT molecular complexity index is 316. The number of rotatable bonds is 4. The van der Waals surface area contributed by atoms with Gasteiger partial charge in [-0.2, -0.15) is 0 Å². The quantitative estimate of drug-likeness (QED) is 0.832. The van der Waals surface area contributed by atoms with Crippen LogP contribution in [0.15, 0.2) is 0 Å². The summed E-state index contributed by atoms with van der Waals surface area (Å²) < 4.78 is 0. The van der Waals surface area contributed by atoms with Crippen molar-refractivity contribution in [2.45, 2.75) is 89.3 Å². The Morgan fingerprint density at radius 2 is 1.70 bits per heavy atom. The molecule has 0 radical (unpaired) electrons. The normalized spacial score (nSPS) is 30.9. The van der Waals surface area contributed by atoms with Gasteiger partial charge >= 0.3 is 0 Å². The lowest BCUT2D eigenvalue weighted by atomic mass is 9.79. The van der Waals surface area contributed by atoms with Crippen LogP contribution in [0.25, 0.3) is 0 Å². The maximum Gasteiger partial charge on any atom is 0.236 e. The van der Waals surface area contributed by atoms with Crippen molar-refractivity contribution >= 4 is 5.91 Å². The molecule has 0 bridgehead atoms. The summed E-state index contributed by atoms with van der Waals surface area (Å²) in [5.41, 5.74) is 3.21. The Balaban J connectivity index is 1.90. The zero-order valence-electron chi connectivity index (χ0n) is 13.4. The zero-order valence-corrected chi connectivity index (χ0v) is 13.4. The number of nitrogens with one attached hydrogen (secondary N) is 2. The minimum absolute atomic E-state index is 0.0323. The molecule has 1 aliphatic carbocycles. The van der Waals surface area contributed by atoms with Gasteiger partial charge in [-0.3, -0.25) is 10.2 Å². The third-order valence-corrected chi connectivity index (χ3v) is 5.29. The smallest absolute Gasteiger partial charge is 0.236 e. The Hall–Kier alpha value is -0.610. The van der Waals surface area contributed by atoms with Gasteiger partial charge in [-0.15, -0.1) is 0 Å². The monoisotopic (exact) mass is 281 g/mol. The summed E-state index contributed by atoms with van der Waals surface area (Å²) in [6.45, 7) is 4.43. The predicted octanol–water partition coefficient (Wildman–Crippen LogP) is 2.59. The predicted molar refractivity (Wildman–Crippen MR) is 82.2 cm³/mol. The molecule has 0 aromatic rings. The second-order valence-electron chi connectivity index (χ2n) is 6.84. The first kappa shape index (κ1) is 15.8. The number of amides is 1. The zero-order chi connectivity index (χ0) is 14.6. The van der Waals surface area contributed by atoms with E-state index in [4.69, 9.17) is 0 Å². The van der Waals surface area contributed by atoms with Gasteiger partial charge in [0.15, 0.2) is 0 Å². The summed E-state index contributed by atoms with van der Waals surface area (Å²) in [6, 6.07) is 0.916. The standard InChI is InChI=1S/C16H31N3O/c1-13-8-7-9-14(2)19(13)18-15(20)12-16(17-3)10-5-4-6-11-16/h13-14,17H,4-12H2,1-3H3,(H,18,20). The van der Waals surface area contributed by atoms with Crippen LogP contribution in [0.3, 0.4) is 0 Å². The summed E-state index contributed by atoms with van der Waals surface area (Å²) in [7, 11) is 2.00. The van der Waals surface area contributed by atoms with E-state index in [2.05, 4.69) is 29.6 Å². The highest BCUT2D eigenvalue weighted by Crippen LogP contribution is 2.31. The van der Waals surface area contributed by atoms with Crippen molar-refractivity contribution < 1.29 is 4.79 Å². The molecule has 2 N–H and O–H groups in total. The average Bonchev–Trinajstić information content (AvgIpc) is 2.44. The van der Waals surface area contributed by atoms with Gasteiger partial charge in [-0.05, 0) is 46.6 Å². The fraction of sp³-hybridized carbons (Fsp3) is 0.938. The number of hydrogen-bond donors (Lipinski definition) is 2. The lowest BCUT2D eigenvalue weighted by Crippen LogP contribution is -2.56. The largest absolute Gasteiger partial charge is 0.314 e. The van der Waals surface area contributed by atoms with Crippen LogP contribution >= 0.6 is 0 Å². The van der Waals surface area contributed by atoms with E-state index >= 15 is 0 Å². The first-order chi connectivity index (χ1) is 9.56. The van der Waals surface area contributed by atoms with E-state index in [-0.39, 0.29) is 11.4 Å². The topological polar surface area (TPSA) is 44.4 Å². The molecule has 1 saturated carbocycles. The maximum atomic E-state index is 12.4. The molecule has 4 nitrogen and oxygen atoms in total. The molecule has 0 spiro atoms. The number of carbonyl (C=O) groups excluding carboxylic acids is 1. The summed E-state index contributed by atoms with van der Waals surface area (Å²) in [6.07, 6.45) is 10.3. The fourth-order valence-electron chi connectivity index (χ4n) is 3.88. The molecule has 2 aliphatic rings. The summed E-state index contributed by atoms with van der Waals surface area (Å²) in [5, 5.41) is 5.61. The van der Waals surface area contributed by atoms with Gasteiger partial charge in [0.1, 0.15) is 0 Å². The molecule has 1 aliphatic heterocycles. The van der Waals surface area contributed by atoms with Gasteiger partial charge < -0.3 is 5.32 Å². The maximum absolute atomic E-state index is 12.4. The van der Waals surface area contributed by atoms with Gasteiger partial charge in [0.2, 0.25) is 5.91 Å². The number of nitrogens with zero attached hydrogens (tertiary/aromatic N) is 1. The highest BCUT2D eigenvalue weighted by Gasteiger charge is 2.34. The molecule has 2 atom stereocenters. The summed E-state index contributed by atoms with van der Waals surface area (Å²) in [5.74, 6) is 0.182. The molecular weight excluding hydrogens is 250 g/mol. The van der Waals surface area contributed by atoms with E-state index in [1.54, 1.807) is 0 Å². The molecule has 0 aromatic heterocycles. The minimum atomic E-state index is 0.0323.